The standard InChI is InChI=1S/C20H24ClN3O2/c1-3-4-5-11-23-18(15-6-8-16(21)9-7-15)13-24-19(26)17(10-12-25)14(2)22-20(23)24/h6-9,13,25H,3-5,10-12H2,1-2H3. The maximum atomic E-state index is 12.9. The van der Waals surface area contributed by atoms with Crippen LogP contribution in [0.3, 0.4) is 0 Å². The molecule has 3 rings (SSSR count). The third-order valence-corrected chi connectivity index (χ3v) is 4.92. The predicted molar refractivity (Wildman–Crippen MR) is 105 cm³/mol. The van der Waals surface area contributed by atoms with Gasteiger partial charge < -0.3 is 9.67 Å². The molecule has 0 bridgehead atoms. The summed E-state index contributed by atoms with van der Waals surface area (Å²) in [4.78, 5) is 17.6. The van der Waals surface area contributed by atoms with Crippen LogP contribution in [0.25, 0.3) is 17.0 Å². The number of aryl methyl sites for hydroxylation is 2. The summed E-state index contributed by atoms with van der Waals surface area (Å²) < 4.78 is 3.71. The Bertz CT molecular complexity index is 958. The number of imidazole rings is 1. The summed E-state index contributed by atoms with van der Waals surface area (Å²) in [7, 11) is 0. The molecule has 26 heavy (non-hydrogen) atoms. The first-order chi connectivity index (χ1) is 12.6. The van der Waals surface area contributed by atoms with E-state index in [2.05, 4.69) is 16.5 Å². The van der Waals surface area contributed by atoms with Crippen molar-refractivity contribution in [3.63, 3.8) is 0 Å². The lowest BCUT2D eigenvalue weighted by Crippen LogP contribution is -2.22. The molecule has 0 atom stereocenters. The molecule has 2 aromatic heterocycles. The van der Waals surface area contributed by atoms with Gasteiger partial charge in [0, 0.05) is 36.4 Å². The number of aromatic nitrogens is 3. The summed E-state index contributed by atoms with van der Waals surface area (Å²) in [5, 5.41) is 9.93. The van der Waals surface area contributed by atoms with E-state index in [1.165, 1.54) is 0 Å². The molecule has 138 valence electrons. The normalized spacial score (nSPS) is 11.4. The molecule has 0 spiro atoms. The highest BCUT2D eigenvalue weighted by molar-refractivity contribution is 6.30. The van der Waals surface area contributed by atoms with Gasteiger partial charge in [-0.25, -0.2) is 4.98 Å². The highest BCUT2D eigenvalue weighted by atomic mass is 35.5. The van der Waals surface area contributed by atoms with Crippen molar-refractivity contribution in [2.24, 2.45) is 0 Å². The number of aliphatic hydroxyl groups excluding tert-OH is 1. The summed E-state index contributed by atoms with van der Waals surface area (Å²) in [5.74, 6) is 0.648. The van der Waals surface area contributed by atoms with Gasteiger partial charge in [0.2, 0.25) is 5.78 Å². The van der Waals surface area contributed by atoms with Gasteiger partial charge in [0.15, 0.2) is 0 Å². The zero-order valence-electron chi connectivity index (χ0n) is 15.2. The van der Waals surface area contributed by atoms with E-state index >= 15 is 0 Å². The van der Waals surface area contributed by atoms with E-state index < -0.39 is 0 Å². The minimum absolute atomic E-state index is 0.0644. The van der Waals surface area contributed by atoms with Crippen LogP contribution < -0.4 is 5.56 Å². The molecule has 0 aliphatic heterocycles. The van der Waals surface area contributed by atoms with Gasteiger partial charge in [-0.1, -0.05) is 43.5 Å². The van der Waals surface area contributed by atoms with E-state index in [9.17, 15) is 9.90 Å². The summed E-state index contributed by atoms with van der Waals surface area (Å²) in [6.07, 6.45) is 5.44. The second-order valence-electron chi connectivity index (χ2n) is 6.50. The van der Waals surface area contributed by atoms with Gasteiger partial charge in [-0.3, -0.25) is 9.20 Å². The number of benzene rings is 1. The summed E-state index contributed by atoms with van der Waals surface area (Å²) in [6.45, 7) is 4.73. The van der Waals surface area contributed by atoms with Crippen LogP contribution in [0.15, 0.2) is 35.3 Å². The molecule has 0 saturated heterocycles. The molecule has 1 aromatic carbocycles. The van der Waals surface area contributed by atoms with Gasteiger partial charge >= 0.3 is 0 Å². The molecule has 3 aromatic rings. The quantitative estimate of drug-likeness (QED) is 0.640. The first-order valence-electron chi connectivity index (χ1n) is 9.05. The van der Waals surface area contributed by atoms with E-state index in [1.807, 2.05) is 37.4 Å². The van der Waals surface area contributed by atoms with Crippen LogP contribution in [0.1, 0.15) is 37.4 Å². The van der Waals surface area contributed by atoms with E-state index in [0.29, 0.717) is 28.5 Å². The molecular weight excluding hydrogens is 350 g/mol. The van der Waals surface area contributed by atoms with Crippen LogP contribution in [0.4, 0.5) is 0 Å². The topological polar surface area (TPSA) is 59.5 Å². The average Bonchev–Trinajstić information content (AvgIpc) is 2.98. The zero-order valence-corrected chi connectivity index (χ0v) is 16.0. The van der Waals surface area contributed by atoms with Crippen molar-refractivity contribution in [3.05, 3.63) is 57.1 Å². The van der Waals surface area contributed by atoms with Gasteiger partial charge in [0.05, 0.1) is 11.4 Å². The Balaban J connectivity index is 2.21. The minimum atomic E-state index is -0.106. The van der Waals surface area contributed by atoms with Crippen LogP contribution >= 0.6 is 11.6 Å². The Morgan fingerprint density at radius 2 is 1.92 bits per heavy atom. The fourth-order valence-electron chi connectivity index (χ4n) is 3.26. The Hall–Kier alpha value is -2.11. The summed E-state index contributed by atoms with van der Waals surface area (Å²) in [5.41, 5.74) is 3.09. The Morgan fingerprint density at radius 3 is 2.58 bits per heavy atom. The molecule has 0 amide bonds. The van der Waals surface area contributed by atoms with Crippen molar-refractivity contribution in [2.45, 2.75) is 46.1 Å². The Morgan fingerprint density at radius 1 is 1.19 bits per heavy atom. The highest BCUT2D eigenvalue weighted by Gasteiger charge is 2.17. The number of halogens is 1. The molecule has 0 saturated carbocycles. The largest absolute Gasteiger partial charge is 0.396 e. The lowest BCUT2D eigenvalue weighted by atomic mass is 10.1. The Kier molecular flexibility index (Phi) is 5.79. The predicted octanol–water partition coefficient (Wildman–Crippen LogP) is 3.85. The van der Waals surface area contributed by atoms with Gasteiger partial charge in [-0.15, -0.1) is 0 Å². The first kappa shape index (κ1) is 18.7. The molecule has 2 heterocycles. The molecule has 0 fully saturated rings. The highest BCUT2D eigenvalue weighted by Crippen LogP contribution is 2.25. The fourth-order valence-corrected chi connectivity index (χ4v) is 3.39. The monoisotopic (exact) mass is 373 g/mol. The van der Waals surface area contributed by atoms with Crippen molar-refractivity contribution in [3.8, 4) is 11.3 Å². The van der Waals surface area contributed by atoms with Crippen molar-refractivity contribution < 1.29 is 5.11 Å². The lowest BCUT2D eigenvalue weighted by molar-refractivity contribution is 0.298. The number of rotatable bonds is 7. The van der Waals surface area contributed by atoms with Crippen molar-refractivity contribution in [2.75, 3.05) is 6.61 Å². The maximum absolute atomic E-state index is 12.9. The number of unbranched alkanes of at least 4 members (excludes halogenated alkanes) is 2. The van der Waals surface area contributed by atoms with Crippen LogP contribution in [-0.4, -0.2) is 25.7 Å². The molecule has 0 unspecified atom stereocenters. The number of fused-ring (bicyclic) bond motifs is 1. The summed E-state index contributed by atoms with van der Waals surface area (Å²) in [6, 6.07) is 7.62. The third kappa shape index (κ3) is 3.55. The number of aliphatic hydroxyl groups is 1. The second-order valence-corrected chi connectivity index (χ2v) is 6.94. The second kappa shape index (κ2) is 8.06. The van der Waals surface area contributed by atoms with Gasteiger partial charge in [-0.2, -0.15) is 0 Å². The molecule has 1 N–H and O–H groups in total. The minimum Gasteiger partial charge on any atom is -0.396 e. The maximum Gasteiger partial charge on any atom is 0.262 e. The average molecular weight is 374 g/mol. The number of nitrogens with zero attached hydrogens (tertiary/aromatic N) is 3. The molecule has 0 radical (unpaired) electrons. The third-order valence-electron chi connectivity index (χ3n) is 4.67. The van der Waals surface area contributed by atoms with Gasteiger partial charge in [-0.05, 0) is 31.0 Å². The smallest absolute Gasteiger partial charge is 0.262 e. The molecule has 0 aliphatic carbocycles. The fraction of sp³-hybridized carbons (Fsp3) is 0.400. The van der Waals surface area contributed by atoms with Crippen LogP contribution in [0, 0.1) is 6.92 Å². The van der Waals surface area contributed by atoms with Crippen molar-refractivity contribution >= 4 is 17.4 Å². The molecule has 0 aliphatic rings. The van der Waals surface area contributed by atoms with E-state index in [1.54, 1.807) is 4.40 Å². The summed E-state index contributed by atoms with van der Waals surface area (Å²) >= 11 is 6.02. The van der Waals surface area contributed by atoms with Gasteiger partial charge in [0.25, 0.3) is 5.56 Å². The molecular formula is C20H24ClN3O2. The van der Waals surface area contributed by atoms with E-state index in [0.717, 1.165) is 37.1 Å². The van der Waals surface area contributed by atoms with Crippen LogP contribution in [-0.2, 0) is 13.0 Å². The van der Waals surface area contributed by atoms with Gasteiger partial charge in [0.1, 0.15) is 0 Å². The lowest BCUT2D eigenvalue weighted by Gasteiger charge is -2.10. The zero-order chi connectivity index (χ0) is 18.7. The van der Waals surface area contributed by atoms with Crippen LogP contribution in [0.2, 0.25) is 5.02 Å². The van der Waals surface area contributed by atoms with E-state index in [4.69, 9.17) is 11.6 Å². The molecule has 6 heteroatoms. The SMILES string of the molecule is CCCCCn1c(-c2ccc(Cl)cc2)cn2c(=O)c(CCO)c(C)nc12. The number of hydrogen-bond donors (Lipinski definition) is 1. The number of hydrogen-bond acceptors (Lipinski definition) is 3. The Labute approximate surface area is 157 Å². The van der Waals surface area contributed by atoms with Crippen molar-refractivity contribution in [1.29, 1.82) is 0 Å². The van der Waals surface area contributed by atoms with Crippen LogP contribution in [0.5, 0.6) is 0 Å². The first-order valence-corrected chi connectivity index (χ1v) is 9.42. The van der Waals surface area contributed by atoms with Crippen molar-refractivity contribution in [1.82, 2.24) is 14.0 Å². The molecule has 5 nitrogen and oxygen atoms in total. The van der Waals surface area contributed by atoms with E-state index in [-0.39, 0.29) is 12.2 Å².